The molecule has 6 heteroatoms. The molecule has 0 aromatic carbocycles. The number of pyridine rings is 1. The van der Waals surface area contributed by atoms with Gasteiger partial charge in [-0.1, -0.05) is 6.92 Å². The molecule has 0 aliphatic carbocycles. The lowest BCUT2D eigenvalue weighted by Gasteiger charge is -2.11. The first-order valence-electron chi connectivity index (χ1n) is 6.90. The van der Waals surface area contributed by atoms with Crippen LogP contribution in [-0.4, -0.2) is 48.3 Å². The van der Waals surface area contributed by atoms with Gasteiger partial charge in [-0.25, -0.2) is 4.98 Å². The lowest BCUT2D eigenvalue weighted by Crippen LogP contribution is -2.32. The first kappa shape index (κ1) is 16.4. The Labute approximate surface area is 119 Å². The summed E-state index contributed by atoms with van der Waals surface area (Å²) in [5.74, 6) is 0.0946. The number of hydrogen-bond acceptors (Lipinski definition) is 5. The van der Waals surface area contributed by atoms with Gasteiger partial charge in [-0.3, -0.25) is 4.79 Å². The fraction of sp³-hybridized carbons (Fsp3) is 0.571. The van der Waals surface area contributed by atoms with E-state index in [4.69, 9.17) is 4.74 Å². The number of rotatable bonds is 9. The Bertz CT molecular complexity index is 410. The molecule has 1 atom stereocenters. The molecule has 6 nitrogen and oxygen atoms in total. The van der Waals surface area contributed by atoms with Gasteiger partial charge in [0.1, 0.15) is 5.56 Å². The summed E-state index contributed by atoms with van der Waals surface area (Å²) < 4.78 is 5.45. The first-order valence-corrected chi connectivity index (χ1v) is 6.90. The van der Waals surface area contributed by atoms with E-state index in [1.165, 1.54) is 0 Å². The number of likely N-dealkylation sites (N-methyl/N-ethyl adjacent to an activating group) is 1. The summed E-state index contributed by atoms with van der Waals surface area (Å²) in [6.45, 7) is 6.17. The van der Waals surface area contributed by atoms with Crippen LogP contribution in [0.15, 0.2) is 18.3 Å². The second-order valence-electron chi connectivity index (χ2n) is 4.45. The standard InChI is InChI=1S/C14H23N3O3/c1-3-15-8-9-16-13(19)12-5-4-7-17-14(12)20-10-6-11(2)18/h4-5,7,11,15,18H,3,6,8-10H2,1-2H3,(H,16,19). The quantitative estimate of drug-likeness (QED) is 0.576. The van der Waals surface area contributed by atoms with Crippen LogP contribution in [-0.2, 0) is 0 Å². The van der Waals surface area contributed by atoms with Gasteiger partial charge in [0.25, 0.3) is 5.91 Å². The molecular formula is C14H23N3O3. The maximum absolute atomic E-state index is 12.0. The number of hydrogen-bond donors (Lipinski definition) is 3. The van der Waals surface area contributed by atoms with Crippen LogP contribution in [0.1, 0.15) is 30.6 Å². The molecule has 1 aromatic heterocycles. The molecule has 0 fully saturated rings. The Hall–Kier alpha value is -1.66. The Morgan fingerprint density at radius 2 is 2.30 bits per heavy atom. The number of nitrogens with one attached hydrogen (secondary N) is 2. The first-order chi connectivity index (χ1) is 9.65. The molecule has 1 heterocycles. The minimum absolute atomic E-state index is 0.206. The van der Waals surface area contributed by atoms with Gasteiger partial charge < -0.3 is 20.5 Å². The summed E-state index contributed by atoms with van der Waals surface area (Å²) in [7, 11) is 0. The monoisotopic (exact) mass is 281 g/mol. The van der Waals surface area contributed by atoms with E-state index in [1.807, 2.05) is 6.92 Å². The summed E-state index contributed by atoms with van der Waals surface area (Å²) in [6, 6.07) is 3.37. The highest BCUT2D eigenvalue weighted by molar-refractivity contribution is 5.96. The molecule has 0 aliphatic rings. The van der Waals surface area contributed by atoms with E-state index in [0.717, 1.165) is 13.1 Å². The average Bonchev–Trinajstić information content (AvgIpc) is 2.43. The van der Waals surface area contributed by atoms with Crippen LogP contribution in [0, 0.1) is 0 Å². The third kappa shape index (κ3) is 5.99. The maximum Gasteiger partial charge on any atom is 0.256 e. The number of aliphatic hydroxyl groups is 1. The molecule has 3 N–H and O–H groups in total. The Balaban J connectivity index is 2.53. The van der Waals surface area contributed by atoms with E-state index in [2.05, 4.69) is 15.6 Å². The molecule has 20 heavy (non-hydrogen) atoms. The van der Waals surface area contributed by atoms with Gasteiger partial charge in [-0.15, -0.1) is 0 Å². The molecule has 0 bridgehead atoms. The highest BCUT2D eigenvalue weighted by atomic mass is 16.5. The molecule has 0 spiro atoms. The average molecular weight is 281 g/mol. The lowest BCUT2D eigenvalue weighted by atomic mass is 10.2. The Kier molecular flexibility index (Phi) is 7.60. The maximum atomic E-state index is 12.0. The fourth-order valence-electron chi connectivity index (χ4n) is 1.54. The van der Waals surface area contributed by atoms with Crippen molar-refractivity contribution >= 4 is 5.91 Å². The van der Waals surface area contributed by atoms with Gasteiger partial charge in [-0.2, -0.15) is 0 Å². The van der Waals surface area contributed by atoms with Crippen LogP contribution in [0.2, 0.25) is 0 Å². The smallest absolute Gasteiger partial charge is 0.256 e. The number of aliphatic hydroxyl groups excluding tert-OH is 1. The third-order valence-corrected chi connectivity index (χ3v) is 2.63. The zero-order chi connectivity index (χ0) is 14.8. The van der Waals surface area contributed by atoms with Crippen molar-refractivity contribution in [3.8, 4) is 5.88 Å². The Morgan fingerprint density at radius 3 is 3.00 bits per heavy atom. The Morgan fingerprint density at radius 1 is 1.50 bits per heavy atom. The van der Waals surface area contributed by atoms with E-state index < -0.39 is 6.10 Å². The van der Waals surface area contributed by atoms with E-state index in [0.29, 0.717) is 31.0 Å². The zero-order valence-electron chi connectivity index (χ0n) is 12.1. The third-order valence-electron chi connectivity index (χ3n) is 2.63. The van der Waals surface area contributed by atoms with Crippen molar-refractivity contribution in [3.05, 3.63) is 23.9 Å². The number of carbonyl (C=O) groups is 1. The van der Waals surface area contributed by atoms with Crippen LogP contribution in [0.3, 0.4) is 0 Å². The molecule has 0 radical (unpaired) electrons. The second-order valence-corrected chi connectivity index (χ2v) is 4.45. The van der Waals surface area contributed by atoms with Crippen LogP contribution in [0.5, 0.6) is 5.88 Å². The van der Waals surface area contributed by atoms with E-state index in [1.54, 1.807) is 25.3 Å². The fourth-order valence-corrected chi connectivity index (χ4v) is 1.54. The van der Waals surface area contributed by atoms with Gasteiger partial charge in [0.2, 0.25) is 5.88 Å². The zero-order valence-corrected chi connectivity index (χ0v) is 12.1. The van der Waals surface area contributed by atoms with Gasteiger partial charge in [0.05, 0.1) is 12.7 Å². The predicted molar refractivity (Wildman–Crippen MR) is 76.9 cm³/mol. The van der Waals surface area contributed by atoms with Gasteiger partial charge >= 0.3 is 0 Å². The molecule has 0 saturated carbocycles. The van der Waals surface area contributed by atoms with Crippen LogP contribution >= 0.6 is 0 Å². The molecule has 0 aliphatic heterocycles. The van der Waals surface area contributed by atoms with Crippen LogP contribution in [0.4, 0.5) is 0 Å². The predicted octanol–water partition coefficient (Wildman–Crippen LogP) is 0.571. The molecule has 112 valence electrons. The number of nitrogens with zero attached hydrogens (tertiary/aromatic N) is 1. The number of carbonyl (C=O) groups excluding carboxylic acids is 1. The topological polar surface area (TPSA) is 83.5 Å². The number of ether oxygens (including phenoxy) is 1. The van der Waals surface area contributed by atoms with Crippen molar-refractivity contribution < 1.29 is 14.6 Å². The summed E-state index contributed by atoms with van der Waals surface area (Å²) in [6.07, 6.45) is 1.64. The molecular weight excluding hydrogens is 258 g/mol. The van der Waals surface area contributed by atoms with Gasteiger partial charge in [-0.05, 0) is 25.6 Å². The van der Waals surface area contributed by atoms with E-state index in [-0.39, 0.29) is 5.91 Å². The molecule has 1 rings (SSSR count). The van der Waals surface area contributed by atoms with Gasteiger partial charge in [0, 0.05) is 25.7 Å². The lowest BCUT2D eigenvalue weighted by molar-refractivity contribution is 0.0947. The molecule has 1 amide bonds. The van der Waals surface area contributed by atoms with E-state index in [9.17, 15) is 9.90 Å². The molecule has 1 unspecified atom stereocenters. The van der Waals surface area contributed by atoms with Crippen molar-refractivity contribution in [2.75, 3.05) is 26.2 Å². The van der Waals surface area contributed by atoms with E-state index >= 15 is 0 Å². The highest BCUT2D eigenvalue weighted by Gasteiger charge is 2.13. The van der Waals surface area contributed by atoms with Crippen molar-refractivity contribution in [3.63, 3.8) is 0 Å². The minimum atomic E-state index is -0.434. The molecule has 1 aromatic rings. The highest BCUT2D eigenvalue weighted by Crippen LogP contribution is 2.14. The normalized spacial score (nSPS) is 11.9. The van der Waals surface area contributed by atoms with Crippen molar-refractivity contribution in [1.29, 1.82) is 0 Å². The van der Waals surface area contributed by atoms with Crippen LogP contribution in [0.25, 0.3) is 0 Å². The summed E-state index contributed by atoms with van der Waals surface area (Å²) in [5.41, 5.74) is 0.412. The van der Waals surface area contributed by atoms with Crippen LogP contribution < -0.4 is 15.4 Å². The van der Waals surface area contributed by atoms with Crippen molar-refractivity contribution in [2.45, 2.75) is 26.4 Å². The SMILES string of the molecule is CCNCCNC(=O)c1cccnc1OCCC(C)O. The summed E-state index contributed by atoms with van der Waals surface area (Å²) in [4.78, 5) is 16.1. The number of aromatic nitrogens is 1. The van der Waals surface area contributed by atoms with Crippen molar-refractivity contribution in [1.82, 2.24) is 15.6 Å². The second kappa shape index (κ2) is 9.28. The summed E-state index contributed by atoms with van der Waals surface area (Å²) >= 11 is 0. The van der Waals surface area contributed by atoms with Crippen molar-refractivity contribution in [2.24, 2.45) is 0 Å². The van der Waals surface area contributed by atoms with Gasteiger partial charge in [0.15, 0.2) is 0 Å². The largest absolute Gasteiger partial charge is 0.477 e. The minimum Gasteiger partial charge on any atom is -0.477 e. The number of amides is 1. The molecule has 0 saturated heterocycles. The summed E-state index contributed by atoms with van der Waals surface area (Å²) in [5, 5.41) is 15.1.